The SMILES string of the molecule is CCN(Cc1ccccc1)C(=O)c1ccc(OC)c(Br)c1. The topological polar surface area (TPSA) is 29.5 Å². The summed E-state index contributed by atoms with van der Waals surface area (Å²) in [4.78, 5) is 14.4. The molecule has 110 valence electrons. The standard InChI is InChI=1S/C17H18BrNO2/c1-3-19(12-13-7-5-4-6-8-13)17(20)14-9-10-16(21-2)15(18)11-14/h4-11H,3,12H2,1-2H3. The molecule has 2 aromatic carbocycles. The monoisotopic (exact) mass is 347 g/mol. The number of hydrogen-bond acceptors (Lipinski definition) is 2. The van der Waals surface area contributed by atoms with Crippen molar-refractivity contribution in [1.82, 2.24) is 4.90 Å². The largest absolute Gasteiger partial charge is 0.496 e. The number of carbonyl (C=O) groups is 1. The first-order valence-corrected chi connectivity index (χ1v) is 7.61. The van der Waals surface area contributed by atoms with Gasteiger partial charge in [-0.05, 0) is 46.6 Å². The number of benzene rings is 2. The van der Waals surface area contributed by atoms with Crippen LogP contribution in [-0.2, 0) is 6.54 Å². The van der Waals surface area contributed by atoms with E-state index in [-0.39, 0.29) is 5.91 Å². The number of halogens is 1. The fourth-order valence-electron chi connectivity index (χ4n) is 2.11. The molecule has 0 aliphatic rings. The lowest BCUT2D eigenvalue weighted by Gasteiger charge is -2.21. The van der Waals surface area contributed by atoms with E-state index in [1.807, 2.05) is 42.2 Å². The summed E-state index contributed by atoms with van der Waals surface area (Å²) in [6.07, 6.45) is 0. The van der Waals surface area contributed by atoms with Crippen molar-refractivity contribution in [3.63, 3.8) is 0 Å². The van der Waals surface area contributed by atoms with E-state index < -0.39 is 0 Å². The second-order valence-electron chi connectivity index (χ2n) is 4.65. The lowest BCUT2D eigenvalue weighted by atomic mass is 10.1. The van der Waals surface area contributed by atoms with Gasteiger partial charge < -0.3 is 9.64 Å². The second-order valence-corrected chi connectivity index (χ2v) is 5.51. The zero-order chi connectivity index (χ0) is 15.2. The highest BCUT2D eigenvalue weighted by Gasteiger charge is 2.15. The van der Waals surface area contributed by atoms with Crippen LogP contribution in [0.5, 0.6) is 5.75 Å². The van der Waals surface area contributed by atoms with Gasteiger partial charge in [-0.1, -0.05) is 30.3 Å². The molecule has 0 N–H and O–H groups in total. The lowest BCUT2D eigenvalue weighted by molar-refractivity contribution is 0.0752. The van der Waals surface area contributed by atoms with Crippen LogP contribution >= 0.6 is 15.9 Å². The third kappa shape index (κ3) is 3.85. The summed E-state index contributed by atoms with van der Waals surface area (Å²) in [5.41, 5.74) is 1.78. The van der Waals surface area contributed by atoms with Crippen LogP contribution in [0.3, 0.4) is 0 Å². The van der Waals surface area contributed by atoms with E-state index in [2.05, 4.69) is 15.9 Å². The Morgan fingerprint density at radius 1 is 1.19 bits per heavy atom. The average molecular weight is 348 g/mol. The number of methoxy groups -OCH3 is 1. The van der Waals surface area contributed by atoms with Crippen LogP contribution in [0, 0.1) is 0 Å². The maximum atomic E-state index is 12.6. The van der Waals surface area contributed by atoms with Gasteiger partial charge in [0, 0.05) is 18.7 Å². The quantitative estimate of drug-likeness (QED) is 0.814. The highest BCUT2D eigenvalue weighted by atomic mass is 79.9. The summed E-state index contributed by atoms with van der Waals surface area (Å²) >= 11 is 3.42. The third-order valence-electron chi connectivity index (χ3n) is 3.28. The molecule has 0 heterocycles. The van der Waals surface area contributed by atoms with E-state index in [1.54, 1.807) is 25.3 Å². The van der Waals surface area contributed by atoms with Crippen molar-refractivity contribution in [2.75, 3.05) is 13.7 Å². The zero-order valence-electron chi connectivity index (χ0n) is 12.2. The molecule has 0 aliphatic carbocycles. The first-order valence-electron chi connectivity index (χ1n) is 6.82. The molecule has 21 heavy (non-hydrogen) atoms. The van der Waals surface area contributed by atoms with Gasteiger partial charge in [0.05, 0.1) is 11.6 Å². The minimum Gasteiger partial charge on any atom is -0.496 e. The fourth-order valence-corrected chi connectivity index (χ4v) is 2.65. The van der Waals surface area contributed by atoms with Gasteiger partial charge in [0.15, 0.2) is 0 Å². The molecule has 0 aliphatic heterocycles. The number of ether oxygens (including phenoxy) is 1. The van der Waals surface area contributed by atoms with Crippen LogP contribution in [0.4, 0.5) is 0 Å². The maximum Gasteiger partial charge on any atom is 0.254 e. The molecule has 0 fully saturated rings. The fraction of sp³-hybridized carbons (Fsp3) is 0.235. The summed E-state index contributed by atoms with van der Waals surface area (Å²) in [5.74, 6) is 0.738. The molecule has 0 radical (unpaired) electrons. The molecule has 0 saturated carbocycles. The summed E-state index contributed by atoms with van der Waals surface area (Å²) in [6, 6.07) is 15.4. The molecule has 0 bridgehead atoms. The first-order chi connectivity index (χ1) is 10.2. The molecule has 2 aromatic rings. The molecule has 0 atom stereocenters. The van der Waals surface area contributed by atoms with Crippen LogP contribution in [0.1, 0.15) is 22.8 Å². The Morgan fingerprint density at radius 3 is 2.48 bits per heavy atom. The van der Waals surface area contributed by atoms with Crippen LogP contribution < -0.4 is 4.74 Å². The Hall–Kier alpha value is -1.81. The minimum atomic E-state index is 0.0182. The Balaban J connectivity index is 2.18. The molecule has 2 rings (SSSR count). The van der Waals surface area contributed by atoms with Gasteiger partial charge in [-0.3, -0.25) is 4.79 Å². The maximum absolute atomic E-state index is 12.6. The van der Waals surface area contributed by atoms with Crippen molar-refractivity contribution in [1.29, 1.82) is 0 Å². The van der Waals surface area contributed by atoms with Crippen molar-refractivity contribution in [3.05, 3.63) is 64.1 Å². The van der Waals surface area contributed by atoms with Gasteiger partial charge in [0.25, 0.3) is 5.91 Å². The summed E-state index contributed by atoms with van der Waals surface area (Å²) in [5, 5.41) is 0. The second kappa shape index (κ2) is 7.27. The van der Waals surface area contributed by atoms with E-state index in [0.29, 0.717) is 18.7 Å². The summed E-state index contributed by atoms with van der Waals surface area (Å²) in [6.45, 7) is 3.26. The summed E-state index contributed by atoms with van der Waals surface area (Å²) < 4.78 is 5.97. The smallest absolute Gasteiger partial charge is 0.254 e. The number of amides is 1. The molecular weight excluding hydrogens is 330 g/mol. The molecule has 0 spiro atoms. The van der Waals surface area contributed by atoms with Gasteiger partial charge >= 0.3 is 0 Å². The Morgan fingerprint density at radius 2 is 1.90 bits per heavy atom. The van der Waals surface area contributed by atoms with Crippen molar-refractivity contribution >= 4 is 21.8 Å². The number of hydrogen-bond donors (Lipinski definition) is 0. The molecule has 0 saturated heterocycles. The molecule has 3 nitrogen and oxygen atoms in total. The van der Waals surface area contributed by atoms with Gasteiger partial charge in [0.2, 0.25) is 0 Å². The molecule has 1 amide bonds. The van der Waals surface area contributed by atoms with Crippen molar-refractivity contribution in [2.24, 2.45) is 0 Å². The first kappa shape index (κ1) is 15.6. The molecular formula is C17H18BrNO2. The summed E-state index contributed by atoms with van der Waals surface area (Å²) in [7, 11) is 1.61. The number of rotatable bonds is 5. The zero-order valence-corrected chi connectivity index (χ0v) is 13.8. The van der Waals surface area contributed by atoms with Crippen LogP contribution in [0.2, 0.25) is 0 Å². The third-order valence-corrected chi connectivity index (χ3v) is 3.90. The van der Waals surface area contributed by atoms with E-state index in [1.165, 1.54) is 0 Å². The van der Waals surface area contributed by atoms with E-state index in [0.717, 1.165) is 15.8 Å². The van der Waals surface area contributed by atoms with Crippen molar-refractivity contribution in [2.45, 2.75) is 13.5 Å². The molecule has 0 aromatic heterocycles. The molecule has 4 heteroatoms. The van der Waals surface area contributed by atoms with Gasteiger partial charge in [-0.2, -0.15) is 0 Å². The normalized spacial score (nSPS) is 10.2. The predicted octanol–water partition coefficient (Wildman–Crippen LogP) is 4.12. The van der Waals surface area contributed by atoms with Crippen molar-refractivity contribution in [3.8, 4) is 5.75 Å². The Bertz CT molecular complexity index is 613. The number of carbonyl (C=O) groups excluding carboxylic acids is 1. The Labute approximate surface area is 133 Å². The Kier molecular flexibility index (Phi) is 5.39. The van der Waals surface area contributed by atoms with Crippen LogP contribution in [0.15, 0.2) is 53.0 Å². The van der Waals surface area contributed by atoms with Gasteiger partial charge in [-0.15, -0.1) is 0 Å². The predicted molar refractivity (Wildman–Crippen MR) is 87.6 cm³/mol. The highest BCUT2D eigenvalue weighted by molar-refractivity contribution is 9.10. The van der Waals surface area contributed by atoms with E-state index in [4.69, 9.17) is 4.74 Å². The lowest BCUT2D eigenvalue weighted by Crippen LogP contribution is -2.30. The van der Waals surface area contributed by atoms with Crippen LogP contribution in [-0.4, -0.2) is 24.5 Å². The average Bonchev–Trinajstić information content (AvgIpc) is 2.53. The number of nitrogens with zero attached hydrogens (tertiary/aromatic N) is 1. The van der Waals surface area contributed by atoms with E-state index in [9.17, 15) is 4.79 Å². The van der Waals surface area contributed by atoms with Crippen LogP contribution in [0.25, 0.3) is 0 Å². The van der Waals surface area contributed by atoms with E-state index >= 15 is 0 Å². The van der Waals surface area contributed by atoms with Crippen molar-refractivity contribution < 1.29 is 9.53 Å². The van der Waals surface area contributed by atoms with Gasteiger partial charge in [0.1, 0.15) is 5.75 Å². The molecule has 0 unspecified atom stereocenters. The van der Waals surface area contributed by atoms with Gasteiger partial charge in [-0.25, -0.2) is 0 Å². The highest BCUT2D eigenvalue weighted by Crippen LogP contribution is 2.26. The minimum absolute atomic E-state index is 0.0182.